The summed E-state index contributed by atoms with van der Waals surface area (Å²) in [5.41, 5.74) is 2.58. The number of rotatable bonds is 8. The van der Waals surface area contributed by atoms with Crippen LogP contribution in [-0.4, -0.2) is 52.8 Å². The fourth-order valence-corrected chi connectivity index (χ4v) is 4.06. The van der Waals surface area contributed by atoms with Gasteiger partial charge >= 0.3 is 0 Å². The van der Waals surface area contributed by atoms with Gasteiger partial charge in [-0.3, -0.25) is 14.5 Å². The van der Waals surface area contributed by atoms with Crippen LogP contribution in [0.25, 0.3) is 27.9 Å². The molecule has 5 aromatic rings. The van der Waals surface area contributed by atoms with Crippen molar-refractivity contribution in [2.75, 3.05) is 12.3 Å². The number of aryl methyl sites for hydroxylation is 1. The van der Waals surface area contributed by atoms with Gasteiger partial charge in [-0.2, -0.15) is 14.7 Å². The minimum atomic E-state index is -0.0292. The topological polar surface area (TPSA) is 103 Å². The van der Waals surface area contributed by atoms with Gasteiger partial charge in [-0.05, 0) is 36.8 Å². The Morgan fingerprint density at radius 3 is 2.88 bits per heavy atom. The smallest absolute Gasteiger partial charge is 0.230 e. The number of para-hydroxylation sites is 1. The van der Waals surface area contributed by atoms with Gasteiger partial charge in [-0.15, -0.1) is 10.2 Å². The van der Waals surface area contributed by atoms with Crippen molar-refractivity contribution < 1.29 is 4.79 Å². The van der Waals surface area contributed by atoms with E-state index in [-0.39, 0.29) is 11.7 Å². The van der Waals surface area contributed by atoms with E-state index in [1.165, 1.54) is 11.8 Å². The average Bonchev–Trinajstić information content (AvgIpc) is 3.45. The van der Waals surface area contributed by atoms with Gasteiger partial charge in [0.1, 0.15) is 5.03 Å². The molecule has 0 saturated carbocycles. The van der Waals surface area contributed by atoms with E-state index in [1.807, 2.05) is 53.3 Å². The summed E-state index contributed by atoms with van der Waals surface area (Å²) in [4.78, 5) is 16.4. The third-order valence-electron chi connectivity index (χ3n) is 4.93. The van der Waals surface area contributed by atoms with E-state index in [4.69, 9.17) is 0 Å². The number of thioether (sulfide) groups is 1. The first-order chi connectivity index (χ1) is 15.8. The summed E-state index contributed by atoms with van der Waals surface area (Å²) >= 11 is 1.38. The van der Waals surface area contributed by atoms with Crippen molar-refractivity contribution in [1.82, 2.24) is 39.9 Å². The Balaban J connectivity index is 1.14. The number of fused-ring (bicyclic) bond motifs is 2. The summed E-state index contributed by atoms with van der Waals surface area (Å²) in [7, 11) is 0. The maximum atomic E-state index is 12.3. The number of benzene rings is 1. The lowest BCUT2D eigenvalue weighted by molar-refractivity contribution is -0.118. The molecule has 10 heteroatoms. The molecule has 0 unspecified atom stereocenters. The molecule has 0 aliphatic heterocycles. The average molecular weight is 445 g/mol. The Hall–Kier alpha value is -3.79. The molecule has 0 atom stereocenters. The number of aromatic nitrogens is 7. The van der Waals surface area contributed by atoms with Gasteiger partial charge in [0.2, 0.25) is 5.91 Å². The molecule has 0 saturated heterocycles. The minimum absolute atomic E-state index is 0.0292. The lowest BCUT2D eigenvalue weighted by Crippen LogP contribution is -2.27. The molecule has 0 radical (unpaired) electrons. The molecule has 4 aromatic heterocycles. The molecule has 0 aliphatic rings. The van der Waals surface area contributed by atoms with Gasteiger partial charge in [0.05, 0.1) is 17.5 Å². The summed E-state index contributed by atoms with van der Waals surface area (Å²) in [5, 5.41) is 22.2. The molecule has 1 aromatic carbocycles. The fourth-order valence-electron chi connectivity index (χ4n) is 3.38. The molecule has 1 N–H and O–H groups in total. The van der Waals surface area contributed by atoms with Crippen LogP contribution in [-0.2, 0) is 11.3 Å². The summed E-state index contributed by atoms with van der Waals surface area (Å²) in [6.07, 6.45) is 6.10. The van der Waals surface area contributed by atoms with Crippen molar-refractivity contribution in [3.8, 4) is 11.4 Å². The molecule has 1 amide bonds. The summed E-state index contributed by atoms with van der Waals surface area (Å²) < 4.78 is 3.64. The Kier molecular flexibility index (Phi) is 5.75. The van der Waals surface area contributed by atoms with E-state index in [1.54, 1.807) is 16.9 Å². The van der Waals surface area contributed by atoms with Gasteiger partial charge in [0, 0.05) is 36.4 Å². The predicted molar refractivity (Wildman–Crippen MR) is 122 cm³/mol. The van der Waals surface area contributed by atoms with Gasteiger partial charge in [-0.1, -0.05) is 30.0 Å². The van der Waals surface area contributed by atoms with Crippen molar-refractivity contribution in [2.24, 2.45) is 0 Å². The second-order valence-electron chi connectivity index (χ2n) is 7.13. The van der Waals surface area contributed by atoms with Crippen molar-refractivity contribution in [3.05, 3.63) is 67.1 Å². The zero-order valence-corrected chi connectivity index (χ0v) is 17.9. The number of carbonyl (C=O) groups excluding carboxylic acids is 1. The molecule has 0 spiro atoms. The Bertz CT molecular complexity index is 1360. The van der Waals surface area contributed by atoms with E-state index >= 15 is 0 Å². The lowest BCUT2D eigenvalue weighted by Gasteiger charge is -2.06. The third kappa shape index (κ3) is 4.30. The van der Waals surface area contributed by atoms with Gasteiger partial charge < -0.3 is 5.32 Å². The molecular formula is C22H20N8OS. The van der Waals surface area contributed by atoms with Crippen LogP contribution < -0.4 is 5.32 Å². The number of amides is 1. The standard InChI is InChI=1S/C22H20N8OS/c31-20(24-11-4-12-29-18-7-2-1-5-16(18)14-25-29)15-32-21-9-8-19-26-27-22(30(19)28-21)17-6-3-10-23-13-17/h1-3,5-10,13-14H,4,11-12,15H2,(H,24,31). The first-order valence-electron chi connectivity index (χ1n) is 10.2. The number of carbonyl (C=O) groups is 1. The van der Waals surface area contributed by atoms with Crippen molar-refractivity contribution >= 4 is 34.2 Å². The maximum Gasteiger partial charge on any atom is 0.230 e. The SMILES string of the molecule is O=C(CSc1ccc2nnc(-c3cccnc3)n2n1)NCCCn1ncc2ccccc21. The highest BCUT2D eigenvalue weighted by Crippen LogP contribution is 2.20. The van der Waals surface area contributed by atoms with Crippen LogP contribution in [0.5, 0.6) is 0 Å². The van der Waals surface area contributed by atoms with E-state index < -0.39 is 0 Å². The normalized spacial score (nSPS) is 11.2. The van der Waals surface area contributed by atoms with Crippen molar-refractivity contribution in [1.29, 1.82) is 0 Å². The highest BCUT2D eigenvalue weighted by molar-refractivity contribution is 7.99. The van der Waals surface area contributed by atoms with Crippen LogP contribution in [0.1, 0.15) is 6.42 Å². The molecule has 0 bridgehead atoms. The quantitative estimate of drug-likeness (QED) is 0.290. The van der Waals surface area contributed by atoms with Crippen LogP contribution in [0.4, 0.5) is 0 Å². The van der Waals surface area contributed by atoms with E-state index in [9.17, 15) is 4.79 Å². The Morgan fingerprint density at radius 2 is 1.97 bits per heavy atom. The first kappa shape index (κ1) is 20.1. The zero-order chi connectivity index (χ0) is 21.8. The molecule has 0 aliphatic carbocycles. The second-order valence-corrected chi connectivity index (χ2v) is 8.12. The Labute approximate surface area is 187 Å². The second kappa shape index (κ2) is 9.15. The lowest BCUT2D eigenvalue weighted by atomic mass is 10.2. The molecule has 160 valence electrons. The van der Waals surface area contributed by atoms with E-state index in [0.29, 0.717) is 18.0 Å². The van der Waals surface area contributed by atoms with Crippen LogP contribution in [0.2, 0.25) is 0 Å². The highest BCUT2D eigenvalue weighted by atomic mass is 32.2. The summed E-state index contributed by atoms with van der Waals surface area (Å²) in [5.74, 6) is 0.873. The number of nitrogens with one attached hydrogen (secondary N) is 1. The molecule has 32 heavy (non-hydrogen) atoms. The van der Waals surface area contributed by atoms with E-state index in [0.717, 1.165) is 34.5 Å². The van der Waals surface area contributed by atoms with Crippen molar-refractivity contribution in [3.63, 3.8) is 0 Å². The largest absolute Gasteiger partial charge is 0.355 e. The molecule has 5 rings (SSSR count). The van der Waals surface area contributed by atoms with Crippen LogP contribution in [0.3, 0.4) is 0 Å². The zero-order valence-electron chi connectivity index (χ0n) is 17.1. The van der Waals surface area contributed by atoms with Crippen LogP contribution in [0, 0.1) is 0 Å². The number of pyridine rings is 1. The highest BCUT2D eigenvalue weighted by Gasteiger charge is 2.11. The first-order valence-corrected chi connectivity index (χ1v) is 11.2. The molecule has 4 heterocycles. The van der Waals surface area contributed by atoms with Gasteiger partial charge in [-0.25, -0.2) is 0 Å². The van der Waals surface area contributed by atoms with E-state index in [2.05, 4.69) is 36.8 Å². The number of hydrogen-bond donors (Lipinski definition) is 1. The number of nitrogens with zero attached hydrogens (tertiary/aromatic N) is 7. The van der Waals surface area contributed by atoms with Crippen LogP contribution >= 0.6 is 11.8 Å². The molecule has 9 nitrogen and oxygen atoms in total. The predicted octanol–water partition coefficient (Wildman–Crippen LogP) is 2.83. The maximum absolute atomic E-state index is 12.3. The number of hydrogen-bond acceptors (Lipinski definition) is 7. The molecular weight excluding hydrogens is 424 g/mol. The van der Waals surface area contributed by atoms with Crippen LogP contribution in [0.15, 0.2) is 72.1 Å². The monoisotopic (exact) mass is 444 g/mol. The van der Waals surface area contributed by atoms with Gasteiger partial charge in [0.25, 0.3) is 0 Å². The summed E-state index contributed by atoms with van der Waals surface area (Å²) in [6, 6.07) is 15.5. The van der Waals surface area contributed by atoms with Gasteiger partial charge in [0.15, 0.2) is 11.5 Å². The fraction of sp³-hybridized carbons (Fsp3) is 0.182. The minimum Gasteiger partial charge on any atom is -0.355 e. The Morgan fingerprint density at radius 1 is 1.03 bits per heavy atom. The molecule has 0 fully saturated rings. The summed E-state index contributed by atoms with van der Waals surface area (Å²) in [6.45, 7) is 1.35. The third-order valence-corrected chi connectivity index (χ3v) is 5.85. The van der Waals surface area contributed by atoms with Crippen molar-refractivity contribution in [2.45, 2.75) is 18.0 Å².